The predicted molar refractivity (Wildman–Crippen MR) is 93.3 cm³/mol. The van der Waals surface area contributed by atoms with E-state index >= 15 is 0 Å². The molecule has 6 heteroatoms. The van der Waals surface area contributed by atoms with E-state index in [0.717, 1.165) is 30.1 Å². The van der Waals surface area contributed by atoms with Crippen molar-refractivity contribution in [3.05, 3.63) is 39.4 Å². The lowest BCUT2D eigenvalue weighted by Gasteiger charge is -2.23. The highest BCUT2D eigenvalue weighted by Gasteiger charge is 2.49. The fraction of sp³-hybridized carbons (Fsp3) is 0.412. The monoisotopic (exact) mass is 346 g/mol. The van der Waals surface area contributed by atoms with Gasteiger partial charge in [0.25, 0.3) is 5.91 Å². The van der Waals surface area contributed by atoms with Gasteiger partial charge in [-0.1, -0.05) is 0 Å². The van der Waals surface area contributed by atoms with Crippen molar-refractivity contribution < 1.29 is 9.59 Å². The average molecular weight is 346 g/mol. The van der Waals surface area contributed by atoms with Crippen LogP contribution in [0, 0.1) is 12.3 Å². The van der Waals surface area contributed by atoms with Gasteiger partial charge in [-0.15, -0.1) is 11.3 Å². The molecule has 2 amide bonds. The predicted octanol–water partition coefficient (Wildman–Crippen LogP) is 3.39. The summed E-state index contributed by atoms with van der Waals surface area (Å²) in [6, 6.07) is 5.96. The molecule has 1 unspecified atom stereocenters. The molecule has 0 radical (unpaired) electrons. The van der Waals surface area contributed by atoms with E-state index in [0.29, 0.717) is 13.0 Å². The Hall–Kier alpha value is -1.66. The molecular weight excluding hydrogens is 328 g/mol. The summed E-state index contributed by atoms with van der Waals surface area (Å²) in [6.07, 6.45) is 1.47. The number of hydrogen-bond donors (Lipinski definition) is 0. The Morgan fingerprint density at radius 3 is 2.83 bits per heavy atom. The number of rotatable bonds is 2. The maximum atomic E-state index is 12.5. The smallest absolute Gasteiger partial charge is 0.254 e. The molecule has 0 saturated carbocycles. The summed E-state index contributed by atoms with van der Waals surface area (Å²) in [7, 11) is 0. The number of hydrogen-bond acceptors (Lipinski definition) is 4. The van der Waals surface area contributed by atoms with Gasteiger partial charge in [0.1, 0.15) is 0 Å². The van der Waals surface area contributed by atoms with Gasteiger partial charge in [0.2, 0.25) is 5.91 Å². The van der Waals surface area contributed by atoms with Crippen molar-refractivity contribution in [1.29, 1.82) is 0 Å². The van der Waals surface area contributed by atoms with Crippen LogP contribution < -0.4 is 4.90 Å². The summed E-state index contributed by atoms with van der Waals surface area (Å²) in [5.74, 6) is 0.290. The molecule has 2 saturated heterocycles. The molecule has 23 heavy (non-hydrogen) atoms. The van der Waals surface area contributed by atoms with Crippen LogP contribution in [-0.2, 0) is 4.79 Å². The van der Waals surface area contributed by atoms with Crippen molar-refractivity contribution in [3.63, 3.8) is 0 Å². The minimum atomic E-state index is -0.0688. The maximum absolute atomic E-state index is 12.5. The van der Waals surface area contributed by atoms with Gasteiger partial charge < -0.3 is 9.80 Å². The SMILES string of the molecule is Cc1ccc(N2CC3(CCN(C(=O)c4ccsc4)C3)CC2=O)s1. The van der Waals surface area contributed by atoms with Crippen LogP contribution in [0.2, 0.25) is 0 Å². The molecule has 1 spiro atoms. The third kappa shape index (κ3) is 2.60. The van der Waals surface area contributed by atoms with E-state index in [4.69, 9.17) is 0 Å². The van der Waals surface area contributed by atoms with Gasteiger partial charge in [-0.25, -0.2) is 0 Å². The molecule has 4 heterocycles. The number of likely N-dealkylation sites (tertiary alicyclic amines) is 1. The van der Waals surface area contributed by atoms with Crippen LogP contribution >= 0.6 is 22.7 Å². The Bertz CT molecular complexity index is 752. The van der Waals surface area contributed by atoms with Crippen LogP contribution in [0.5, 0.6) is 0 Å². The van der Waals surface area contributed by atoms with Crippen LogP contribution in [-0.4, -0.2) is 36.3 Å². The number of amides is 2. The second-order valence-corrected chi connectivity index (χ2v) is 8.58. The van der Waals surface area contributed by atoms with Crippen molar-refractivity contribution in [2.45, 2.75) is 19.8 Å². The van der Waals surface area contributed by atoms with E-state index in [9.17, 15) is 9.59 Å². The molecular formula is C17H18N2O2S2. The number of carbonyl (C=O) groups excluding carboxylic acids is 2. The van der Waals surface area contributed by atoms with E-state index in [-0.39, 0.29) is 17.2 Å². The standard InChI is InChI=1S/C17H18N2O2S2/c1-12-2-3-15(23-12)19-11-17(8-14(19)20)5-6-18(10-17)16(21)13-4-7-22-9-13/h2-4,7,9H,5-6,8,10-11H2,1H3. The molecule has 120 valence electrons. The van der Waals surface area contributed by atoms with Crippen LogP contribution in [0.25, 0.3) is 0 Å². The van der Waals surface area contributed by atoms with Crippen LogP contribution in [0.1, 0.15) is 28.1 Å². The van der Waals surface area contributed by atoms with Crippen molar-refractivity contribution in [2.24, 2.45) is 5.41 Å². The normalized spacial score (nSPS) is 24.1. The van der Waals surface area contributed by atoms with Crippen molar-refractivity contribution in [1.82, 2.24) is 4.90 Å². The lowest BCUT2D eigenvalue weighted by Crippen LogP contribution is -2.33. The highest BCUT2D eigenvalue weighted by atomic mass is 32.1. The zero-order valence-electron chi connectivity index (χ0n) is 12.9. The number of aryl methyl sites for hydroxylation is 1. The molecule has 0 aliphatic carbocycles. The van der Waals surface area contributed by atoms with E-state index in [2.05, 4.69) is 13.0 Å². The van der Waals surface area contributed by atoms with Gasteiger partial charge in [0, 0.05) is 41.7 Å². The van der Waals surface area contributed by atoms with Gasteiger partial charge in [0.05, 0.1) is 10.6 Å². The fourth-order valence-corrected chi connectivity index (χ4v) is 5.12. The largest absolute Gasteiger partial charge is 0.338 e. The number of carbonyl (C=O) groups is 2. The van der Waals surface area contributed by atoms with Crippen molar-refractivity contribution in [2.75, 3.05) is 24.5 Å². The Kier molecular flexibility index (Phi) is 3.54. The summed E-state index contributed by atoms with van der Waals surface area (Å²) in [5, 5.41) is 4.86. The zero-order chi connectivity index (χ0) is 16.0. The molecule has 2 fully saturated rings. The minimum absolute atomic E-state index is 0.0688. The van der Waals surface area contributed by atoms with E-state index in [1.807, 2.05) is 32.7 Å². The second kappa shape index (κ2) is 5.46. The molecule has 2 aliphatic heterocycles. The summed E-state index contributed by atoms with van der Waals surface area (Å²) < 4.78 is 0. The Morgan fingerprint density at radius 1 is 1.26 bits per heavy atom. The quantitative estimate of drug-likeness (QED) is 0.836. The molecule has 4 rings (SSSR count). The third-order valence-corrected chi connectivity index (χ3v) is 6.51. The number of thiophene rings is 2. The average Bonchev–Trinajstić information content (AvgIpc) is 3.28. The van der Waals surface area contributed by atoms with Crippen molar-refractivity contribution in [3.8, 4) is 0 Å². The van der Waals surface area contributed by atoms with E-state index < -0.39 is 0 Å². The zero-order valence-corrected chi connectivity index (χ0v) is 14.6. The summed E-state index contributed by atoms with van der Waals surface area (Å²) in [4.78, 5) is 30.0. The van der Waals surface area contributed by atoms with E-state index in [1.54, 1.807) is 22.7 Å². The van der Waals surface area contributed by atoms with Crippen LogP contribution in [0.4, 0.5) is 5.00 Å². The van der Waals surface area contributed by atoms with Gasteiger partial charge in [-0.05, 0) is 36.9 Å². The molecule has 0 aromatic carbocycles. The summed E-state index contributed by atoms with van der Waals surface area (Å²) in [6.45, 7) is 4.23. The lowest BCUT2D eigenvalue weighted by molar-refractivity contribution is -0.117. The molecule has 2 aromatic rings. The number of nitrogens with zero attached hydrogens (tertiary/aromatic N) is 2. The molecule has 0 N–H and O–H groups in total. The molecule has 2 aliphatic rings. The molecule has 1 atom stereocenters. The summed E-state index contributed by atoms with van der Waals surface area (Å²) >= 11 is 3.20. The topological polar surface area (TPSA) is 40.6 Å². The van der Waals surface area contributed by atoms with Crippen LogP contribution in [0.3, 0.4) is 0 Å². The lowest BCUT2D eigenvalue weighted by atomic mass is 9.86. The van der Waals surface area contributed by atoms with Crippen molar-refractivity contribution >= 4 is 39.5 Å². The first-order chi connectivity index (χ1) is 11.1. The first-order valence-electron chi connectivity index (χ1n) is 7.75. The highest BCUT2D eigenvalue weighted by molar-refractivity contribution is 7.16. The minimum Gasteiger partial charge on any atom is -0.338 e. The first-order valence-corrected chi connectivity index (χ1v) is 9.51. The van der Waals surface area contributed by atoms with Gasteiger partial charge >= 0.3 is 0 Å². The molecule has 0 bridgehead atoms. The van der Waals surface area contributed by atoms with Gasteiger partial charge in [-0.2, -0.15) is 11.3 Å². The van der Waals surface area contributed by atoms with Gasteiger partial charge in [0.15, 0.2) is 0 Å². The highest BCUT2D eigenvalue weighted by Crippen LogP contribution is 2.43. The Morgan fingerprint density at radius 2 is 2.13 bits per heavy atom. The third-order valence-electron chi connectivity index (χ3n) is 4.81. The molecule has 4 nitrogen and oxygen atoms in total. The van der Waals surface area contributed by atoms with Crippen LogP contribution in [0.15, 0.2) is 29.0 Å². The fourth-order valence-electron chi connectivity index (χ4n) is 3.61. The van der Waals surface area contributed by atoms with Gasteiger partial charge in [-0.3, -0.25) is 9.59 Å². The van der Waals surface area contributed by atoms with E-state index in [1.165, 1.54) is 4.88 Å². The number of anilines is 1. The Balaban J connectivity index is 1.50. The summed E-state index contributed by atoms with van der Waals surface area (Å²) in [5.41, 5.74) is 0.697. The molecule has 2 aromatic heterocycles. The first kappa shape index (κ1) is 14.9. The second-order valence-electron chi connectivity index (χ2n) is 6.53. The maximum Gasteiger partial charge on any atom is 0.254 e. The Labute approximate surface area is 143 Å².